The van der Waals surface area contributed by atoms with Crippen LogP contribution in [0.5, 0.6) is 5.75 Å². The fourth-order valence-electron chi connectivity index (χ4n) is 2.78. The number of rotatable bonds is 4. The van der Waals surface area contributed by atoms with Gasteiger partial charge >= 0.3 is 0 Å². The maximum atomic E-state index is 12.7. The lowest BCUT2D eigenvalue weighted by molar-refractivity contribution is 0.0575. The number of carbonyl (C=O) groups excluding carboxylic acids is 1. The number of piperidine rings is 1. The van der Waals surface area contributed by atoms with Gasteiger partial charge in [-0.1, -0.05) is 6.07 Å². The molecule has 1 unspecified atom stereocenters. The minimum atomic E-state index is -0.0699. The van der Waals surface area contributed by atoms with Gasteiger partial charge < -0.3 is 20.5 Å². The molecule has 1 aliphatic heterocycles. The van der Waals surface area contributed by atoms with Gasteiger partial charge in [0.25, 0.3) is 5.91 Å². The zero-order valence-electron chi connectivity index (χ0n) is 11.8. The summed E-state index contributed by atoms with van der Waals surface area (Å²) in [6, 6.07) is 5.35. The first-order chi connectivity index (χ1) is 9.69. The van der Waals surface area contributed by atoms with Crippen molar-refractivity contribution in [3.63, 3.8) is 0 Å². The van der Waals surface area contributed by atoms with Crippen LogP contribution in [0, 0.1) is 0 Å². The fourth-order valence-corrected chi connectivity index (χ4v) is 2.78. The Balaban J connectivity index is 2.25. The Kier molecular flexibility index (Phi) is 4.84. The summed E-state index contributed by atoms with van der Waals surface area (Å²) in [5, 5.41) is 9.14. The first-order valence-corrected chi connectivity index (χ1v) is 7.03. The van der Waals surface area contributed by atoms with Gasteiger partial charge in [0.1, 0.15) is 5.75 Å². The Morgan fingerprint density at radius 3 is 3.00 bits per heavy atom. The smallest absolute Gasteiger partial charge is 0.256 e. The van der Waals surface area contributed by atoms with E-state index in [9.17, 15) is 4.79 Å². The Morgan fingerprint density at radius 1 is 1.50 bits per heavy atom. The minimum absolute atomic E-state index is 0.0699. The molecule has 3 N–H and O–H groups in total. The van der Waals surface area contributed by atoms with Crippen LogP contribution >= 0.6 is 0 Å². The number of methoxy groups -OCH3 is 1. The molecule has 110 valence electrons. The van der Waals surface area contributed by atoms with Crippen LogP contribution in [0.25, 0.3) is 0 Å². The SMILES string of the molecule is COc1cccc(C(=O)N2CCCCC2CCO)c1N. The molecular weight excluding hydrogens is 256 g/mol. The van der Waals surface area contributed by atoms with Crippen LogP contribution in [-0.2, 0) is 0 Å². The number of nitrogens with two attached hydrogens (primary N) is 1. The van der Waals surface area contributed by atoms with Gasteiger partial charge in [-0.3, -0.25) is 4.79 Å². The number of para-hydroxylation sites is 1. The first kappa shape index (κ1) is 14.7. The van der Waals surface area contributed by atoms with Crippen LogP contribution in [0.15, 0.2) is 18.2 Å². The quantitative estimate of drug-likeness (QED) is 0.821. The summed E-state index contributed by atoms with van der Waals surface area (Å²) in [6.07, 6.45) is 3.66. The van der Waals surface area contributed by atoms with Crippen LogP contribution in [0.2, 0.25) is 0 Å². The van der Waals surface area contributed by atoms with E-state index in [1.165, 1.54) is 7.11 Å². The maximum Gasteiger partial charge on any atom is 0.256 e. The maximum absolute atomic E-state index is 12.7. The van der Waals surface area contributed by atoms with E-state index in [0.29, 0.717) is 23.4 Å². The van der Waals surface area contributed by atoms with Gasteiger partial charge in [-0.05, 0) is 37.8 Å². The molecule has 1 amide bonds. The third-order valence-corrected chi connectivity index (χ3v) is 3.87. The lowest BCUT2D eigenvalue weighted by Crippen LogP contribution is -2.44. The second kappa shape index (κ2) is 6.61. The number of likely N-dealkylation sites (tertiary alicyclic amines) is 1. The lowest BCUT2D eigenvalue weighted by atomic mass is 9.98. The van der Waals surface area contributed by atoms with E-state index < -0.39 is 0 Å². The summed E-state index contributed by atoms with van der Waals surface area (Å²) in [4.78, 5) is 14.5. The van der Waals surface area contributed by atoms with Crippen molar-refractivity contribution < 1.29 is 14.6 Å². The molecule has 1 fully saturated rings. The van der Waals surface area contributed by atoms with Crippen LogP contribution in [0.1, 0.15) is 36.0 Å². The second-order valence-electron chi connectivity index (χ2n) is 5.08. The molecule has 1 aromatic carbocycles. The van der Waals surface area contributed by atoms with E-state index in [4.69, 9.17) is 15.6 Å². The minimum Gasteiger partial charge on any atom is -0.495 e. The summed E-state index contributed by atoms with van der Waals surface area (Å²) in [5.41, 5.74) is 6.86. The van der Waals surface area contributed by atoms with Crippen LogP contribution in [0.4, 0.5) is 5.69 Å². The highest BCUT2D eigenvalue weighted by molar-refractivity contribution is 6.00. The number of benzene rings is 1. The van der Waals surface area contributed by atoms with Crippen LogP contribution in [0.3, 0.4) is 0 Å². The number of aliphatic hydroxyl groups excluding tert-OH is 1. The molecule has 0 radical (unpaired) electrons. The number of hydrogen-bond acceptors (Lipinski definition) is 4. The predicted octanol–water partition coefficient (Wildman–Crippen LogP) is 1.65. The van der Waals surface area contributed by atoms with E-state index in [-0.39, 0.29) is 18.6 Å². The van der Waals surface area contributed by atoms with E-state index in [0.717, 1.165) is 25.8 Å². The zero-order chi connectivity index (χ0) is 14.5. The van der Waals surface area contributed by atoms with E-state index in [1.807, 2.05) is 4.90 Å². The third-order valence-electron chi connectivity index (χ3n) is 3.87. The third kappa shape index (κ3) is 2.88. The number of amides is 1. The Labute approximate surface area is 119 Å². The monoisotopic (exact) mass is 278 g/mol. The highest BCUT2D eigenvalue weighted by Crippen LogP contribution is 2.28. The van der Waals surface area contributed by atoms with Crippen LogP contribution in [-0.4, -0.2) is 42.2 Å². The Morgan fingerprint density at radius 2 is 2.30 bits per heavy atom. The van der Waals surface area contributed by atoms with Gasteiger partial charge in [-0.2, -0.15) is 0 Å². The molecule has 1 aromatic rings. The van der Waals surface area contributed by atoms with Crippen molar-refractivity contribution in [3.8, 4) is 5.75 Å². The van der Waals surface area contributed by atoms with Crippen molar-refractivity contribution in [2.45, 2.75) is 31.7 Å². The summed E-state index contributed by atoms with van der Waals surface area (Å²) in [7, 11) is 1.54. The highest BCUT2D eigenvalue weighted by Gasteiger charge is 2.28. The summed E-state index contributed by atoms with van der Waals surface area (Å²) < 4.78 is 5.16. The van der Waals surface area contributed by atoms with E-state index in [2.05, 4.69) is 0 Å². The molecule has 5 nitrogen and oxygen atoms in total. The molecule has 20 heavy (non-hydrogen) atoms. The number of hydrogen-bond donors (Lipinski definition) is 2. The van der Waals surface area contributed by atoms with Gasteiger partial charge in [0.05, 0.1) is 18.4 Å². The lowest BCUT2D eigenvalue weighted by Gasteiger charge is -2.36. The van der Waals surface area contributed by atoms with Gasteiger partial charge in [-0.15, -0.1) is 0 Å². The average molecular weight is 278 g/mol. The van der Waals surface area contributed by atoms with Gasteiger partial charge in [0, 0.05) is 19.2 Å². The molecule has 1 saturated heterocycles. The molecule has 1 atom stereocenters. The number of aliphatic hydroxyl groups is 1. The van der Waals surface area contributed by atoms with E-state index >= 15 is 0 Å². The number of ether oxygens (including phenoxy) is 1. The number of nitrogen functional groups attached to an aromatic ring is 1. The molecule has 0 bridgehead atoms. The summed E-state index contributed by atoms with van der Waals surface area (Å²) in [5.74, 6) is 0.450. The zero-order valence-corrected chi connectivity index (χ0v) is 11.8. The van der Waals surface area contributed by atoms with Crippen molar-refractivity contribution >= 4 is 11.6 Å². The largest absolute Gasteiger partial charge is 0.495 e. The van der Waals surface area contributed by atoms with Gasteiger partial charge in [0.15, 0.2) is 0 Å². The van der Waals surface area contributed by atoms with E-state index in [1.54, 1.807) is 18.2 Å². The Hall–Kier alpha value is -1.75. The molecular formula is C15H22N2O3. The molecule has 1 aliphatic rings. The van der Waals surface area contributed by atoms with Crippen molar-refractivity contribution in [1.82, 2.24) is 4.90 Å². The first-order valence-electron chi connectivity index (χ1n) is 7.03. The number of carbonyl (C=O) groups is 1. The van der Waals surface area contributed by atoms with Crippen molar-refractivity contribution in [3.05, 3.63) is 23.8 Å². The predicted molar refractivity (Wildman–Crippen MR) is 77.8 cm³/mol. The normalized spacial score (nSPS) is 18.9. The molecule has 5 heteroatoms. The summed E-state index contributed by atoms with van der Waals surface area (Å²) >= 11 is 0. The molecule has 0 spiro atoms. The number of nitrogens with zero attached hydrogens (tertiary/aromatic N) is 1. The second-order valence-corrected chi connectivity index (χ2v) is 5.08. The Bertz CT molecular complexity index is 474. The highest BCUT2D eigenvalue weighted by atomic mass is 16.5. The molecule has 2 rings (SSSR count). The van der Waals surface area contributed by atoms with Crippen molar-refractivity contribution in [2.24, 2.45) is 0 Å². The fraction of sp³-hybridized carbons (Fsp3) is 0.533. The topological polar surface area (TPSA) is 75.8 Å². The van der Waals surface area contributed by atoms with Crippen LogP contribution < -0.4 is 10.5 Å². The van der Waals surface area contributed by atoms with Gasteiger partial charge in [0.2, 0.25) is 0 Å². The molecule has 1 heterocycles. The van der Waals surface area contributed by atoms with Crippen molar-refractivity contribution in [2.75, 3.05) is 26.0 Å². The van der Waals surface area contributed by atoms with Gasteiger partial charge in [-0.25, -0.2) is 0 Å². The molecule has 0 aromatic heterocycles. The average Bonchev–Trinajstić information content (AvgIpc) is 2.48. The van der Waals surface area contributed by atoms with Crippen molar-refractivity contribution in [1.29, 1.82) is 0 Å². The standard InChI is InChI=1S/C15H22N2O3/c1-20-13-7-4-6-12(14(13)16)15(19)17-9-3-2-5-11(17)8-10-18/h4,6-7,11,18H,2-3,5,8-10,16H2,1H3. The molecule has 0 aliphatic carbocycles. The molecule has 0 saturated carbocycles. The summed E-state index contributed by atoms with van der Waals surface area (Å²) in [6.45, 7) is 0.822. The number of anilines is 1.